The van der Waals surface area contributed by atoms with Crippen LogP contribution in [0.3, 0.4) is 0 Å². The van der Waals surface area contributed by atoms with E-state index in [2.05, 4.69) is 83.6 Å². The highest BCUT2D eigenvalue weighted by molar-refractivity contribution is 7.90. The van der Waals surface area contributed by atoms with E-state index in [9.17, 15) is 42.8 Å². The molecule has 0 saturated carbocycles. The number of benzene rings is 4. The Bertz CT molecular complexity index is 3900. The second kappa shape index (κ2) is 27.9. The number of aromatic amines is 1. The van der Waals surface area contributed by atoms with Crippen molar-refractivity contribution in [3.8, 4) is 23.3 Å². The first kappa shape index (κ1) is 63.4. The van der Waals surface area contributed by atoms with Gasteiger partial charge in [0.15, 0.2) is 0 Å². The lowest BCUT2D eigenvalue weighted by Gasteiger charge is -2.42. The van der Waals surface area contributed by atoms with Gasteiger partial charge in [-0.05, 0) is 186 Å². The van der Waals surface area contributed by atoms with Crippen molar-refractivity contribution in [2.75, 3.05) is 74.8 Å². The van der Waals surface area contributed by atoms with Crippen LogP contribution in [-0.4, -0.2) is 144 Å². The van der Waals surface area contributed by atoms with E-state index in [0.29, 0.717) is 65.5 Å². The van der Waals surface area contributed by atoms with Crippen molar-refractivity contribution in [3.05, 3.63) is 142 Å². The van der Waals surface area contributed by atoms with E-state index in [4.69, 9.17) is 16.3 Å². The summed E-state index contributed by atoms with van der Waals surface area (Å²) in [5.41, 5.74) is 6.31. The van der Waals surface area contributed by atoms with Gasteiger partial charge in [-0.25, -0.2) is 18.1 Å². The molecule has 2 aromatic heterocycles. The Morgan fingerprint density at radius 1 is 0.878 bits per heavy atom. The first-order valence-corrected chi connectivity index (χ1v) is 32.8. The van der Waals surface area contributed by atoms with Crippen molar-refractivity contribution in [2.24, 2.45) is 11.3 Å². The number of unbranched alkanes of at least 4 members (excludes halogenated alkanes) is 2. The lowest BCUT2D eigenvalue weighted by molar-refractivity contribution is -0.136. The topological polar surface area (TPSA) is 271 Å². The van der Waals surface area contributed by atoms with Crippen LogP contribution < -0.4 is 36.0 Å². The van der Waals surface area contributed by atoms with Crippen LogP contribution >= 0.6 is 11.6 Å². The van der Waals surface area contributed by atoms with Gasteiger partial charge in [-0.2, -0.15) is 0 Å². The number of carbonyl (C=O) groups excluding carboxylic acids is 5. The molecular formula is C67H76ClN11O10S. The summed E-state index contributed by atoms with van der Waals surface area (Å²) in [6, 6.07) is 24.7. The Morgan fingerprint density at radius 3 is 2.46 bits per heavy atom. The van der Waals surface area contributed by atoms with Crippen molar-refractivity contribution >= 4 is 84.8 Å². The van der Waals surface area contributed by atoms with Gasteiger partial charge in [-0.3, -0.25) is 44.6 Å². The number of sulfonamides is 1. The summed E-state index contributed by atoms with van der Waals surface area (Å²) in [6.45, 7) is 11.8. The Morgan fingerprint density at radius 2 is 1.68 bits per heavy atom. The number of hydrogen-bond acceptors (Lipinski definition) is 17. The fourth-order valence-electron chi connectivity index (χ4n) is 12.9. The number of nitrogens with zero attached hydrogens (tertiary/aromatic N) is 5. The number of anilines is 3. The van der Waals surface area contributed by atoms with E-state index >= 15 is 0 Å². The molecule has 4 aromatic carbocycles. The smallest absolute Gasteiger partial charge is 0.268 e. The van der Waals surface area contributed by atoms with Gasteiger partial charge in [0.25, 0.3) is 27.7 Å². The summed E-state index contributed by atoms with van der Waals surface area (Å²) in [6.07, 6.45) is 12.9. The predicted octanol–water partition coefficient (Wildman–Crippen LogP) is 9.59. The van der Waals surface area contributed by atoms with Crippen molar-refractivity contribution in [1.29, 1.82) is 0 Å². The number of rotatable bonds is 22. The standard InChI is InChI=1S/C67H76ClN11O10S/c1-67(2)27-21-47(55(39-67)44-11-13-48(68)14-12-44)41-69-29-30-70-49-15-17-53(59(37-49)89-51-36-46-22-28-71-62(46)73-42-51)63(81)75-90(87,88)52-16-18-56(58(38-52)79(85)86)72-40-43-23-34-77(35-24-43)50-25-32-76(33-26-50)31-6-4-3-5-8-45-9-7-10-54-61(45)66(84)78(65(54)83)57-19-20-60(80)74-64(57)82/h7,9-18,22,28,36-38,42-43,50,57,69-70,72,85-86H,3-4,6,19-21,23-27,29-35,39-41H2,1-2H3,(H,71,73)(H,75,81)(H,74,80,82). The summed E-state index contributed by atoms with van der Waals surface area (Å²) in [5, 5.41) is 34.6. The molecule has 6 heterocycles. The molecule has 0 bridgehead atoms. The van der Waals surface area contributed by atoms with Crippen molar-refractivity contribution < 1.29 is 47.5 Å². The number of carbonyl (C=O) groups is 5. The summed E-state index contributed by atoms with van der Waals surface area (Å²) < 4.78 is 36.4. The monoisotopic (exact) mass is 1260 g/mol. The largest absolute Gasteiger partial charge is 0.455 e. The number of H-pyrrole nitrogens is 1. The van der Waals surface area contributed by atoms with Crippen LogP contribution in [0.1, 0.15) is 133 Å². The molecule has 472 valence electrons. The maximum atomic E-state index is 14.1. The second-order valence-corrected chi connectivity index (χ2v) is 26.8. The summed E-state index contributed by atoms with van der Waals surface area (Å²) >= 11 is 6.23. The third-order valence-corrected chi connectivity index (χ3v) is 19.5. The second-order valence-electron chi connectivity index (χ2n) is 24.7. The molecular weight excluding hydrogens is 1190 g/mol. The number of amides is 5. The Balaban J connectivity index is 0.635. The van der Waals surface area contributed by atoms with E-state index in [1.165, 1.54) is 41.1 Å². The third kappa shape index (κ3) is 15.0. The Kier molecular flexibility index (Phi) is 19.7. The number of hydrogen-bond donors (Lipinski definition) is 8. The predicted molar refractivity (Wildman–Crippen MR) is 343 cm³/mol. The first-order chi connectivity index (χ1) is 43.4. The Hall–Kier alpha value is -8.14. The average molecular weight is 1260 g/mol. The fourth-order valence-corrected chi connectivity index (χ4v) is 14.0. The average Bonchev–Trinajstić information content (AvgIpc) is 1.67. The molecule has 0 spiro atoms. The number of allylic oxidation sites excluding steroid dienone is 1. The normalized spacial score (nSPS) is 18.5. The van der Waals surface area contributed by atoms with Crippen molar-refractivity contribution in [1.82, 2.24) is 40.0 Å². The summed E-state index contributed by atoms with van der Waals surface area (Å²) in [7, 11) is -4.57. The number of pyridine rings is 1. The molecule has 6 aromatic rings. The number of imide groups is 2. The Labute approximate surface area is 528 Å². The molecule has 11 rings (SSSR count). The molecule has 5 amide bonds. The fraction of sp³-hybridized carbons (Fsp3) is 0.403. The van der Waals surface area contributed by atoms with Crippen LogP contribution in [0.5, 0.6) is 11.5 Å². The summed E-state index contributed by atoms with van der Waals surface area (Å²) in [4.78, 5) is 78.0. The van der Waals surface area contributed by atoms with E-state index in [0.717, 1.165) is 113 Å². The minimum absolute atomic E-state index is 0.0549. The van der Waals surface area contributed by atoms with Gasteiger partial charge in [0, 0.05) is 79.0 Å². The number of ether oxygens (including phenoxy) is 1. The van der Waals surface area contributed by atoms with Gasteiger partial charge in [-0.15, -0.1) is 5.23 Å². The minimum Gasteiger partial charge on any atom is -0.455 e. The number of halogens is 1. The van der Waals surface area contributed by atoms with Crippen molar-refractivity contribution in [2.45, 2.75) is 108 Å². The van der Waals surface area contributed by atoms with Gasteiger partial charge >= 0.3 is 0 Å². The molecule has 90 heavy (non-hydrogen) atoms. The van der Waals surface area contributed by atoms with Crippen LogP contribution in [0.2, 0.25) is 5.02 Å². The molecule has 3 saturated heterocycles. The number of likely N-dealkylation sites (tertiary alicyclic amines) is 2. The molecule has 21 nitrogen and oxygen atoms in total. The van der Waals surface area contributed by atoms with E-state index in [-0.39, 0.29) is 62.4 Å². The highest BCUT2D eigenvalue weighted by Crippen LogP contribution is 2.43. The van der Waals surface area contributed by atoms with Gasteiger partial charge in [0.05, 0.1) is 33.5 Å². The number of aromatic nitrogens is 2. The molecule has 3 fully saturated rings. The minimum atomic E-state index is -4.57. The van der Waals surface area contributed by atoms with Gasteiger partial charge in [-0.1, -0.05) is 61.1 Å². The molecule has 8 N–H and O–H groups in total. The number of piperidine rings is 3. The van der Waals surface area contributed by atoms with E-state index < -0.39 is 45.6 Å². The van der Waals surface area contributed by atoms with Gasteiger partial charge < -0.3 is 35.5 Å². The first-order valence-electron chi connectivity index (χ1n) is 31.0. The highest BCUT2D eigenvalue weighted by Gasteiger charge is 2.45. The van der Waals surface area contributed by atoms with Gasteiger partial charge in [0.1, 0.15) is 28.9 Å². The lowest BCUT2D eigenvalue weighted by atomic mass is 9.72. The number of nitrogens with one attached hydrogen (secondary N) is 6. The molecule has 0 radical (unpaired) electrons. The van der Waals surface area contributed by atoms with Crippen LogP contribution in [-0.2, 0) is 19.6 Å². The zero-order valence-corrected chi connectivity index (χ0v) is 52.2. The summed E-state index contributed by atoms with van der Waals surface area (Å²) in [5.74, 6) is 3.83. The SMILES string of the molecule is CC1(C)CCC(CNCCNc2ccc(C(=O)NS(=O)(=O)c3ccc(NCC4CCN(C5CCN(CCCCC#Cc6cccc7c6C(=O)N(C6CCC(=O)NC6=O)C7=O)CC5)CC4)c(N(O)O)c3)c(Oc3cnc4[nH]ccc4c3)c2)=C(c2ccc(Cl)cc2)C1. The number of fused-ring (bicyclic) bond motifs is 2. The zero-order chi connectivity index (χ0) is 63.1. The molecule has 4 aliphatic heterocycles. The van der Waals surface area contributed by atoms with Gasteiger partial charge in [0.2, 0.25) is 11.8 Å². The molecule has 1 unspecified atom stereocenters. The highest BCUT2D eigenvalue weighted by atomic mass is 35.5. The van der Waals surface area contributed by atoms with Crippen LogP contribution in [0, 0.1) is 23.2 Å². The van der Waals surface area contributed by atoms with Crippen molar-refractivity contribution in [3.63, 3.8) is 0 Å². The molecule has 1 aliphatic carbocycles. The maximum absolute atomic E-state index is 14.1. The molecule has 1 atom stereocenters. The maximum Gasteiger partial charge on any atom is 0.268 e. The van der Waals surface area contributed by atoms with E-state index in [1.54, 1.807) is 42.6 Å². The van der Waals surface area contributed by atoms with E-state index in [1.807, 2.05) is 18.2 Å². The lowest BCUT2D eigenvalue weighted by Crippen LogP contribution is -2.54. The molecule has 23 heteroatoms. The zero-order valence-electron chi connectivity index (χ0n) is 50.6. The molecule has 5 aliphatic rings. The van der Waals surface area contributed by atoms with Crippen LogP contribution in [0.4, 0.5) is 17.1 Å². The van der Waals surface area contributed by atoms with Crippen LogP contribution in [0.25, 0.3) is 16.6 Å². The van der Waals surface area contributed by atoms with Crippen LogP contribution in [0.15, 0.2) is 114 Å². The third-order valence-electron chi connectivity index (χ3n) is 17.9. The quantitative estimate of drug-likeness (QED) is 0.0136.